The van der Waals surface area contributed by atoms with Gasteiger partial charge in [-0.3, -0.25) is 10.1 Å². The molecular weight excluding hydrogens is 262 g/mol. The molecule has 2 aromatic rings. The second-order valence-corrected chi connectivity index (χ2v) is 4.99. The van der Waals surface area contributed by atoms with Gasteiger partial charge in [-0.25, -0.2) is 0 Å². The van der Waals surface area contributed by atoms with Crippen LogP contribution in [0.3, 0.4) is 0 Å². The molecule has 4 heteroatoms. The predicted octanol–water partition coefficient (Wildman–Crippen LogP) is 4.43. The van der Waals surface area contributed by atoms with E-state index in [9.17, 15) is 10.1 Å². The number of hydrogen-bond acceptors (Lipinski definition) is 2. The molecule has 0 radical (unpaired) electrons. The molecule has 0 spiro atoms. The molecule has 2 rings (SSSR count). The Bertz CT molecular complexity index is 584. The van der Waals surface area contributed by atoms with E-state index in [1.807, 2.05) is 36.4 Å². The summed E-state index contributed by atoms with van der Waals surface area (Å²) in [5, 5.41) is 10.6. The van der Waals surface area contributed by atoms with E-state index in [0.29, 0.717) is 12.0 Å². The van der Waals surface area contributed by atoms with E-state index < -0.39 is 0 Å². The van der Waals surface area contributed by atoms with Crippen LogP contribution in [0.2, 0.25) is 0 Å². The maximum atomic E-state index is 10.8. The number of benzene rings is 2. The number of nitrogens with zero attached hydrogens (tertiary/aromatic N) is 1. The Morgan fingerprint density at radius 2 is 1.89 bits per heavy atom. The zero-order valence-electron chi connectivity index (χ0n) is 10.5. The second-order valence-electron chi connectivity index (χ2n) is 4.46. The lowest BCUT2D eigenvalue weighted by Gasteiger charge is -2.10. The van der Waals surface area contributed by atoms with Crippen molar-refractivity contribution < 1.29 is 4.92 Å². The van der Waals surface area contributed by atoms with Crippen molar-refractivity contribution in [1.29, 1.82) is 0 Å². The molecule has 3 nitrogen and oxygen atoms in total. The number of nitro benzene ring substituents is 1. The van der Waals surface area contributed by atoms with Crippen molar-refractivity contribution in [2.75, 3.05) is 0 Å². The van der Waals surface area contributed by atoms with Crippen molar-refractivity contribution >= 4 is 17.3 Å². The van der Waals surface area contributed by atoms with Crippen molar-refractivity contribution in [3.8, 4) is 0 Å². The first-order valence-electron chi connectivity index (χ1n) is 6.01. The number of hydrogen-bond donors (Lipinski definition) is 0. The Hall–Kier alpha value is -1.87. The minimum Gasteiger partial charge on any atom is -0.258 e. The zero-order valence-corrected chi connectivity index (χ0v) is 11.3. The molecule has 0 saturated carbocycles. The van der Waals surface area contributed by atoms with Gasteiger partial charge in [0.1, 0.15) is 0 Å². The highest BCUT2D eigenvalue weighted by atomic mass is 35.5. The van der Waals surface area contributed by atoms with Gasteiger partial charge in [-0.15, -0.1) is 11.6 Å². The Balaban J connectivity index is 2.16. The third-order valence-electron chi connectivity index (χ3n) is 3.03. The van der Waals surface area contributed by atoms with E-state index in [0.717, 1.165) is 11.1 Å². The third kappa shape index (κ3) is 3.32. The Kier molecular flexibility index (Phi) is 4.17. The molecule has 0 aromatic heterocycles. The Morgan fingerprint density at radius 3 is 2.47 bits per heavy atom. The Labute approximate surface area is 117 Å². The number of aryl methyl sites for hydroxylation is 1. The first-order chi connectivity index (χ1) is 9.08. The monoisotopic (exact) mass is 275 g/mol. The smallest absolute Gasteiger partial charge is 0.258 e. The molecule has 1 atom stereocenters. The maximum absolute atomic E-state index is 10.8. The van der Waals surface area contributed by atoms with Gasteiger partial charge in [0.15, 0.2) is 0 Å². The van der Waals surface area contributed by atoms with Crippen LogP contribution in [0.15, 0.2) is 48.5 Å². The summed E-state index contributed by atoms with van der Waals surface area (Å²) in [5.41, 5.74) is 2.88. The molecule has 0 aliphatic rings. The molecule has 0 heterocycles. The van der Waals surface area contributed by atoms with E-state index in [-0.39, 0.29) is 16.0 Å². The van der Waals surface area contributed by atoms with E-state index in [1.165, 1.54) is 0 Å². The molecule has 98 valence electrons. The lowest BCUT2D eigenvalue weighted by atomic mass is 10.0. The summed E-state index contributed by atoms with van der Waals surface area (Å²) in [6.07, 6.45) is 0.657. The van der Waals surface area contributed by atoms with Gasteiger partial charge in [-0.1, -0.05) is 36.4 Å². The van der Waals surface area contributed by atoms with Crippen LogP contribution in [0.4, 0.5) is 5.69 Å². The van der Waals surface area contributed by atoms with Crippen molar-refractivity contribution in [3.05, 3.63) is 75.3 Å². The van der Waals surface area contributed by atoms with E-state index in [1.54, 1.807) is 19.1 Å². The van der Waals surface area contributed by atoms with Crippen LogP contribution in [0.1, 0.15) is 22.1 Å². The third-order valence-corrected chi connectivity index (χ3v) is 3.44. The number of nitro groups is 1. The van der Waals surface area contributed by atoms with Gasteiger partial charge < -0.3 is 0 Å². The van der Waals surface area contributed by atoms with Crippen LogP contribution >= 0.6 is 11.6 Å². The average molecular weight is 276 g/mol. The van der Waals surface area contributed by atoms with Crippen molar-refractivity contribution in [2.24, 2.45) is 0 Å². The number of rotatable bonds is 4. The molecule has 1 unspecified atom stereocenters. The van der Waals surface area contributed by atoms with E-state index >= 15 is 0 Å². The van der Waals surface area contributed by atoms with Crippen molar-refractivity contribution in [1.82, 2.24) is 0 Å². The van der Waals surface area contributed by atoms with Crippen LogP contribution in [0, 0.1) is 17.0 Å². The maximum Gasteiger partial charge on any atom is 0.272 e. The standard InChI is InChI=1S/C15H14ClNO2/c1-11-9-12(7-8-15(11)17(18)19)10-14(16)13-5-3-2-4-6-13/h2-9,14H,10H2,1H3. The highest BCUT2D eigenvalue weighted by molar-refractivity contribution is 6.20. The lowest BCUT2D eigenvalue weighted by molar-refractivity contribution is -0.385. The molecule has 0 saturated heterocycles. The van der Waals surface area contributed by atoms with Gasteiger partial charge in [0.25, 0.3) is 5.69 Å². The summed E-state index contributed by atoms with van der Waals surface area (Å²) in [6.45, 7) is 1.74. The molecule has 0 amide bonds. The fourth-order valence-corrected chi connectivity index (χ4v) is 2.36. The molecular formula is C15H14ClNO2. The lowest BCUT2D eigenvalue weighted by Crippen LogP contribution is -1.98. The summed E-state index contributed by atoms with van der Waals surface area (Å²) in [5.74, 6) is 0. The van der Waals surface area contributed by atoms with Crippen LogP contribution in [0.25, 0.3) is 0 Å². The average Bonchev–Trinajstić information content (AvgIpc) is 2.39. The molecule has 0 aliphatic carbocycles. The highest BCUT2D eigenvalue weighted by Gasteiger charge is 2.13. The van der Waals surface area contributed by atoms with Crippen LogP contribution in [-0.2, 0) is 6.42 Å². The quantitative estimate of drug-likeness (QED) is 0.471. The SMILES string of the molecule is Cc1cc(CC(Cl)c2ccccc2)ccc1[N+](=O)[O-]. The fourth-order valence-electron chi connectivity index (χ4n) is 2.04. The summed E-state index contributed by atoms with van der Waals surface area (Å²) in [6, 6.07) is 15.0. The van der Waals surface area contributed by atoms with Gasteiger partial charge in [-0.2, -0.15) is 0 Å². The molecule has 0 bridgehead atoms. The highest BCUT2D eigenvalue weighted by Crippen LogP contribution is 2.27. The van der Waals surface area contributed by atoms with E-state index in [4.69, 9.17) is 11.6 Å². The molecule has 2 aromatic carbocycles. The molecule has 0 fully saturated rings. The summed E-state index contributed by atoms with van der Waals surface area (Å²) in [4.78, 5) is 10.4. The number of halogens is 1. The van der Waals surface area contributed by atoms with E-state index in [2.05, 4.69) is 0 Å². The van der Waals surface area contributed by atoms with Crippen LogP contribution < -0.4 is 0 Å². The summed E-state index contributed by atoms with van der Waals surface area (Å²) < 4.78 is 0. The molecule has 0 N–H and O–H groups in total. The van der Waals surface area contributed by atoms with Crippen LogP contribution in [0.5, 0.6) is 0 Å². The summed E-state index contributed by atoms with van der Waals surface area (Å²) in [7, 11) is 0. The van der Waals surface area contributed by atoms with Crippen molar-refractivity contribution in [3.63, 3.8) is 0 Å². The zero-order chi connectivity index (χ0) is 13.8. The largest absolute Gasteiger partial charge is 0.272 e. The van der Waals surface area contributed by atoms with Crippen molar-refractivity contribution in [2.45, 2.75) is 18.7 Å². The first kappa shape index (κ1) is 13.6. The second kappa shape index (κ2) is 5.85. The van der Waals surface area contributed by atoms with Gasteiger partial charge in [0, 0.05) is 11.6 Å². The number of alkyl halides is 1. The minimum atomic E-state index is -0.367. The normalized spacial score (nSPS) is 12.1. The van der Waals surface area contributed by atoms with Gasteiger partial charge in [0.2, 0.25) is 0 Å². The predicted molar refractivity (Wildman–Crippen MR) is 76.6 cm³/mol. The topological polar surface area (TPSA) is 43.1 Å². The molecule has 0 aliphatic heterocycles. The van der Waals surface area contributed by atoms with Gasteiger partial charge in [-0.05, 0) is 30.5 Å². The van der Waals surface area contributed by atoms with Gasteiger partial charge in [0.05, 0.1) is 10.3 Å². The summed E-state index contributed by atoms with van der Waals surface area (Å²) >= 11 is 6.36. The first-order valence-corrected chi connectivity index (χ1v) is 6.44. The molecule has 19 heavy (non-hydrogen) atoms. The minimum absolute atomic E-state index is 0.123. The fraction of sp³-hybridized carbons (Fsp3) is 0.200. The van der Waals surface area contributed by atoms with Gasteiger partial charge >= 0.3 is 0 Å². The Morgan fingerprint density at radius 1 is 1.21 bits per heavy atom. The van der Waals surface area contributed by atoms with Crippen LogP contribution in [-0.4, -0.2) is 4.92 Å².